The van der Waals surface area contributed by atoms with Gasteiger partial charge in [0.25, 0.3) is 0 Å². The van der Waals surface area contributed by atoms with Crippen molar-refractivity contribution < 1.29 is 19.2 Å². The summed E-state index contributed by atoms with van der Waals surface area (Å²) in [5.41, 5.74) is 23.9. The summed E-state index contributed by atoms with van der Waals surface area (Å²) in [6, 6.07) is 22.0. The molecule has 0 atom stereocenters. The van der Waals surface area contributed by atoms with Crippen LogP contribution in [0.1, 0.15) is 41.4 Å². The van der Waals surface area contributed by atoms with Gasteiger partial charge in [0.15, 0.2) is 23.3 Å². The molecule has 0 saturated carbocycles. The molecule has 10 N–H and O–H groups in total. The van der Waals surface area contributed by atoms with Gasteiger partial charge in [0.1, 0.15) is 22.6 Å². The van der Waals surface area contributed by atoms with Crippen LogP contribution in [0.25, 0.3) is 89.7 Å². The second kappa shape index (κ2) is 10.8. The summed E-state index contributed by atoms with van der Waals surface area (Å²) in [6.45, 7) is 0. The van der Waals surface area contributed by atoms with Gasteiger partial charge < -0.3 is 32.9 Å². The third-order valence-corrected chi connectivity index (χ3v) is 8.98. The van der Waals surface area contributed by atoms with E-state index in [9.17, 15) is 19.2 Å². The zero-order chi connectivity index (χ0) is 36.0. The fourth-order valence-electron chi connectivity index (χ4n) is 6.89. The normalized spacial score (nSPS) is 11.7. The van der Waals surface area contributed by atoms with Crippen LogP contribution in [-0.4, -0.2) is 63.5 Å². The number of carbonyl (C=O) groups is 4. The molecule has 0 fully saturated rings. The number of hydrogen-bond donors (Lipinski definition) is 6. The van der Waals surface area contributed by atoms with Crippen molar-refractivity contribution in [2.45, 2.75) is 0 Å². The molecule has 4 amide bonds. The molecule has 8 bridgehead atoms. The van der Waals surface area contributed by atoms with Crippen molar-refractivity contribution >= 4 is 67.8 Å². The van der Waals surface area contributed by atoms with Crippen LogP contribution < -0.4 is 22.9 Å². The van der Waals surface area contributed by atoms with Crippen molar-refractivity contribution in [1.82, 2.24) is 39.9 Å². The Balaban J connectivity index is 1.59. The van der Waals surface area contributed by atoms with Crippen molar-refractivity contribution in [1.29, 1.82) is 0 Å². The van der Waals surface area contributed by atoms with Gasteiger partial charge in [0.05, 0.1) is 22.3 Å². The van der Waals surface area contributed by atoms with E-state index in [0.29, 0.717) is 45.2 Å². The van der Waals surface area contributed by atoms with E-state index in [2.05, 4.69) is 9.97 Å². The highest BCUT2D eigenvalue weighted by atomic mass is 16.2. The zero-order valence-corrected chi connectivity index (χ0v) is 26.6. The first-order valence-corrected chi connectivity index (χ1v) is 15.6. The standard InChI is InChI=1S/C36H22N12O4/c37-25(49)19-20(26(38)50)22(28(40)52)24-23(21(19)27(39)51)35-46-33-17-11-5-3-9-15(17)31(44-33)42-29-13-7-1-2-8-14(13)30(41-29)43-32-16-10-4-6-12-18(16)34(45-32)47-36(24)48-35/h1-12H,(H2,37,49)(H2,38,50)(H2,39,51)(H2,40,52)(H2,41,42,43,44,45,46,47,48). The topological polar surface area (TPSA) is 281 Å². The predicted molar refractivity (Wildman–Crippen MR) is 190 cm³/mol. The summed E-state index contributed by atoms with van der Waals surface area (Å²) in [6.07, 6.45) is 0. The van der Waals surface area contributed by atoms with E-state index in [0.717, 1.165) is 10.8 Å². The molecule has 52 heavy (non-hydrogen) atoms. The molecule has 5 heterocycles. The molecule has 16 heteroatoms. The van der Waals surface area contributed by atoms with E-state index in [1.807, 2.05) is 48.5 Å². The lowest BCUT2D eigenvalue weighted by atomic mass is 9.89. The molecular formula is C36H22N12O4. The van der Waals surface area contributed by atoms with Gasteiger partial charge in [-0.2, -0.15) is 0 Å². The van der Waals surface area contributed by atoms with Crippen molar-refractivity contribution in [3.63, 3.8) is 0 Å². The third-order valence-electron chi connectivity index (χ3n) is 8.98. The van der Waals surface area contributed by atoms with Gasteiger partial charge in [-0.05, 0) is 0 Å². The summed E-state index contributed by atoms with van der Waals surface area (Å²) in [5, 5.41) is 1.22. The average Bonchev–Trinajstić information content (AvgIpc) is 3.86. The lowest BCUT2D eigenvalue weighted by Gasteiger charge is -2.14. The van der Waals surface area contributed by atoms with Gasteiger partial charge >= 0.3 is 0 Å². The Kier molecular flexibility index (Phi) is 6.28. The van der Waals surface area contributed by atoms with Crippen LogP contribution in [0.15, 0.2) is 72.8 Å². The fourth-order valence-corrected chi connectivity index (χ4v) is 6.89. The van der Waals surface area contributed by atoms with Crippen LogP contribution in [0, 0.1) is 0 Å². The highest BCUT2D eigenvalue weighted by molar-refractivity contribution is 6.31. The fraction of sp³-hybridized carbons (Fsp3) is 0. The molecule has 16 nitrogen and oxygen atoms in total. The van der Waals surface area contributed by atoms with E-state index in [1.54, 1.807) is 24.3 Å². The van der Waals surface area contributed by atoms with Crippen LogP contribution >= 0.6 is 0 Å². The van der Waals surface area contributed by atoms with Crippen LogP contribution in [0.5, 0.6) is 0 Å². The quantitative estimate of drug-likeness (QED) is 0.157. The first-order chi connectivity index (χ1) is 25.1. The number of aromatic nitrogens is 8. The van der Waals surface area contributed by atoms with Crippen molar-refractivity contribution in [3.05, 3.63) is 95.1 Å². The number of rotatable bonds is 4. The average molecular weight is 687 g/mol. The minimum Gasteiger partial charge on any atom is -0.366 e. The summed E-state index contributed by atoms with van der Waals surface area (Å²) in [7, 11) is 0. The number of amides is 4. The summed E-state index contributed by atoms with van der Waals surface area (Å²) in [4.78, 5) is 87.8. The van der Waals surface area contributed by atoms with E-state index >= 15 is 0 Å². The van der Waals surface area contributed by atoms with E-state index in [1.165, 1.54) is 0 Å². The molecule has 3 aromatic heterocycles. The number of nitrogens with two attached hydrogens (primary N) is 4. The summed E-state index contributed by atoms with van der Waals surface area (Å²) in [5.74, 6) is -3.97. The number of carbonyl (C=O) groups excluding carboxylic acids is 4. The second-order valence-corrected chi connectivity index (χ2v) is 12.0. The van der Waals surface area contributed by atoms with E-state index < -0.39 is 45.9 Å². The SMILES string of the molecule is NC(=O)c1c(C(N)=O)c(C(N)=O)c2c3nc4nc(nc5[nH]c(nc6nc(nc([nH]3)c2c1C(N)=O)-c1ccccc1-6)c1ccccc51)-c1ccccc1-4. The summed E-state index contributed by atoms with van der Waals surface area (Å²) >= 11 is 0. The second-order valence-electron chi connectivity index (χ2n) is 12.0. The lowest BCUT2D eigenvalue weighted by Crippen LogP contribution is -2.30. The maximum Gasteiger partial charge on any atom is 0.250 e. The molecule has 0 saturated heterocycles. The predicted octanol–water partition coefficient (Wildman–Crippen LogP) is 3.26. The molecular weight excluding hydrogens is 664 g/mol. The number of hydrogen-bond acceptors (Lipinski definition) is 10. The Labute approximate surface area is 290 Å². The number of primary amides is 4. The van der Waals surface area contributed by atoms with E-state index in [-0.39, 0.29) is 33.7 Å². The largest absolute Gasteiger partial charge is 0.366 e. The summed E-state index contributed by atoms with van der Waals surface area (Å²) < 4.78 is 0. The van der Waals surface area contributed by atoms with Gasteiger partial charge in [0, 0.05) is 43.8 Å². The molecule has 2 aliphatic rings. The van der Waals surface area contributed by atoms with E-state index in [4.69, 9.17) is 52.8 Å². The Morgan fingerprint density at radius 3 is 1.00 bits per heavy atom. The molecule has 4 aromatic carbocycles. The lowest BCUT2D eigenvalue weighted by molar-refractivity contribution is 0.0946. The Bertz CT molecular complexity index is 2800. The highest BCUT2D eigenvalue weighted by Gasteiger charge is 2.34. The smallest absolute Gasteiger partial charge is 0.250 e. The number of benzene rings is 4. The van der Waals surface area contributed by atoms with Crippen LogP contribution in [0.3, 0.4) is 0 Å². The van der Waals surface area contributed by atoms with Gasteiger partial charge in [-0.1, -0.05) is 72.8 Å². The van der Waals surface area contributed by atoms with Gasteiger partial charge in [-0.15, -0.1) is 0 Å². The van der Waals surface area contributed by atoms with Gasteiger partial charge in [0.2, 0.25) is 23.6 Å². The van der Waals surface area contributed by atoms with Crippen molar-refractivity contribution in [2.24, 2.45) is 22.9 Å². The number of H-pyrrole nitrogens is 2. The molecule has 0 radical (unpaired) electrons. The number of nitrogens with zero attached hydrogens (tertiary/aromatic N) is 6. The van der Waals surface area contributed by atoms with Gasteiger partial charge in [-0.25, -0.2) is 29.9 Å². The number of fused-ring (bicyclic) bond motifs is 20. The third kappa shape index (κ3) is 4.27. The molecule has 9 rings (SSSR count). The molecule has 2 aliphatic heterocycles. The maximum absolute atomic E-state index is 13.3. The molecule has 0 spiro atoms. The van der Waals surface area contributed by atoms with Crippen LogP contribution in [-0.2, 0) is 0 Å². The minimum absolute atomic E-state index is 0.112. The minimum atomic E-state index is -1.26. The first-order valence-electron chi connectivity index (χ1n) is 15.6. The Morgan fingerprint density at radius 2 is 0.673 bits per heavy atom. The molecule has 0 unspecified atom stereocenters. The highest BCUT2D eigenvalue weighted by Crippen LogP contribution is 2.39. The Hall–Kier alpha value is -7.88. The van der Waals surface area contributed by atoms with Gasteiger partial charge in [-0.3, -0.25) is 19.2 Å². The van der Waals surface area contributed by atoms with Crippen LogP contribution in [0.4, 0.5) is 0 Å². The molecule has 0 aliphatic carbocycles. The monoisotopic (exact) mass is 686 g/mol. The maximum atomic E-state index is 13.3. The Morgan fingerprint density at radius 1 is 0.385 bits per heavy atom. The first kappa shape index (κ1) is 30.2. The van der Waals surface area contributed by atoms with Crippen LogP contribution in [0.2, 0.25) is 0 Å². The molecule has 250 valence electrons. The zero-order valence-electron chi connectivity index (χ0n) is 26.6. The molecule has 7 aromatic rings. The number of nitrogens with one attached hydrogen (secondary N) is 2. The van der Waals surface area contributed by atoms with Crippen molar-refractivity contribution in [3.8, 4) is 45.6 Å². The van der Waals surface area contributed by atoms with Crippen molar-refractivity contribution in [2.75, 3.05) is 0 Å². The number of aromatic amines is 2.